The Hall–Kier alpha value is -4.77. The molecule has 0 aliphatic carbocycles. The van der Waals surface area contributed by atoms with Gasteiger partial charge >= 0.3 is 19.8 Å². The van der Waals surface area contributed by atoms with Crippen LogP contribution in [0.15, 0.2) is 40.1 Å². The number of fused-ring (bicyclic) bond motifs is 4. The van der Waals surface area contributed by atoms with Crippen molar-refractivity contribution < 1.29 is 74.0 Å². The Bertz CT molecular complexity index is 2960. The number of benzene rings is 3. The number of nitrogens with one attached hydrogen (secondary N) is 2. The maximum absolute atomic E-state index is 13.7. The Morgan fingerprint density at radius 3 is 2.31 bits per heavy atom. The number of hydrogen-bond donors (Lipinski definition) is 6. The minimum Gasteiger partial charge on any atom is -0.481 e. The molecule has 5 heterocycles. The zero-order chi connectivity index (χ0) is 49.8. The van der Waals surface area contributed by atoms with E-state index in [1.807, 2.05) is 0 Å². The van der Waals surface area contributed by atoms with E-state index in [2.05, 4.69) is 36.2 Å². The number of aryl methyl sites for hydroxylation is 2. The second kappa shape index (κ2) is 21.9. The van der Waals surface area contributed by atoms with E-state index in [4.69, 9.17) is 24.2 Å². The second-order valence-corrected chi connectivity index (χ2v) is 22.7. The number of nitrogens with zero attached hydrogens (tertiary/aromatic N) is 2. The summed E-state index contributed by atoms with van der Waals surface area (Å²) in [6.07, 6.45) is 5.86. The van der Waals surface area contributed by atoms with Crippen molar-refractivity contribution in [3.63, 3.8) is 0 Å². The number of rotatable bonds is 24. The molecule has 0 radical (unpaired) electrons. The van der Waals surface area contributed by atoms with Gasteiger partial charge < -0.3 is 34.8 Å². The lowest BCUT2D eigenvalue weighted by atomic mass is 9.82. The van der Waals surface area contributed by atoms with Crippen LogP contribution in [0.3, 0.4) is 0 Å². The number of carbonyl (C=O) groups is 3. The number of phosphoric ester groups is 1. The summed E-state index contributed by atoms with van der Waals surface area (Å²) >= 11 is 0. The van der Waals surface area contributed by atoms with E-state index >= 15 is 0 Å². The van der Waals surface area contributed by atoms with Gasteiger partial charge in [0.2, 0.25) is 21.3 Å². The molecular weight excluding hydrogens is 972 g/mol. The Morgan fingerprint density at radius 1 is 0.814 bits per heavy atom. The predicted octanol–water partition coefficient (Wildman–Crippen LogP) is 3.18. The van der Waals surface area contributed by atoms with Gasteiger partial charge in [-0.25, -0.2) is 27.1 Å². The molecule has 0 saturated carbocycles. The van der Waals surface area contributed by atoms with Crippen molar-refractivity contribution in [3.05, 3.63) is 74.3 Å². The molecule has 70 heavy (non-hydrogen) atoms. The van der Waals surface area contributed by atoms with Crippen molar-refractivity contribution in [1.29, 1.82) is 0 Å². The third-order valence-corrected chi connectivity index (χ3v) is 16.7. The molecule has 8 rings (SSSR count). The van der Waals surface area contributed by atoms with Crippen LogP contribution in [0.5, 0.6) is 11.5 Å². The van der Waals surface area contributed by atoms with Crippen LogP contribution in [0.1, 0.15) is 104 Å². The Labute approximate surface area is 406 Å². The second-order valence-electron chi connectivity index (χ2n) is 18.2. The minimum atomic E-state index is -4.97. The first-order valence-electron chi connectivity index (χ1n) is 23.9. The smallest absolute Gasteiger partial charge is 0.473 e. The number of phosphoric acid groups is 1. The molecule has 6 N–H and O–H groups in total. The maximum Gasteiger partial charge on any atom is 0.473 e. The van der Waals surface area contributed by atoms with Crippen LogP contribution in [0.4, 0.5) is 5.69 Å². The highest BCUT2D eigenvalue weighted by atomic mass is 32.2. The van der Waals surface area contributed by atoms with Gasteiger partial charge in [0.25, 0.3) is 10.1 Å². The molecule has 0 fully saturated rings. The van der Waals surface area contributed by atoms with Crippen molar-refractivity contribution in [2.75, 3.05) is 64.0 Å². The number of hydrogen-bond acceptors (Lipinski definition) is 13. The normalized spacial score (nSPS) is 17.3. The number of carboxylic acid groups (broad SMARTS) is 2. The van der Waals surface area contributed by atoms with Gasteiger partial charge in [0.15, 0.2) is 6.10 Å². The number of anilines is 1. The van der Waals surface area contributed by atoms with Crippen LogP contribution >= 0.6 is 7.82 Å². The first-order valence-corrected chi connectivity index (χ1v) is 28.3. The number of amides is 1. The van der Waals surface area contributed by atoms with Crippen molar-refractivity contribution in [1.82, 2.24) is 14.6 Å². The van der Waals surface area contributed by atoms with Crippen LogP contribution in [0.25, 0.3) is 5.57 Å². The summed E-state index contributed by atoms with van der Waals surface area (Å²) in [5, 5.41) is 22.4. The van der Waals surface area contributed by atoms with Gasteiger partial charge in [-0.3, -0.25) is 23.2 Å². The summed E-state index contributed by atoms with van der Waals surface area (Å²) in [7, 11) is -14.0. The molecule has 0 spiro atoms. The molecule has 0 saturated heterocycles. The quantitative estimate of drug-likeness (QED) is 0.0254. The van der Waals surface area contributed by atoms with Gasteiger partial charge in [0.05, 0.1) is 23.7 Å². The molecule has 23 heteroatoms. The third-order valence-electron chi connectivity index (χ3n) is 13.3. The topological polar surface area (TPSA) is 285 Å². The average molecular weight is 1030 g/mol. The highest BCUT2D eigenvalue weighted by Gasteiger charge is 2.37. The van der Waals surface area contributed by atoms with Gasteiger partial charge in [0.1, 0.15) is 29.5 Å². The lowest BCUT2D eigenvalue weighted by Gasteiger charge is -2.39. The van der Waals surface area contributed by atoms with E-state index in [-0.39, 0.29) is 62.1 Å². The molecule has 0 aromatic heterocycles. The fourth-order valence-electron chi connectivity index (χ4n) is 10.2. The first-order chi connectivity index (χ1) is 33.4. The Balaban J connectivity index is 0.876. The summed E-state index contributed by atoms with van der Waals surface area (Å²) in [6.45, 7) is 3.89. The average Bonchev–Trinajstić information content (AvgIpc) is 3.31. The molecule has 2 unspecified atom stereocenters. The number of unbranched alkanes of at least 4 members (excludes halogenated alkanes) is 2. The zero-order valence-corrected chi connectivity index (χ0v) is 41.3. The summed E-state index contributed by atoms with van der Waals surface area (Å²) in [5.74, 6) is -1.77. The molecular formula is C47H60N4O16PS2+. The molecule has 3 aromatic carbocycles. The maximum atomic E-state index is 13.7. The van der Waals surface area contributed by atoms with E-state index in [0.717, 1.165) is 117 Å². The van der Waals surface area contributed by atoms with Gasteiger partial charge in [-0.1, -0.05) is 12.5 Å². The molecule has 5 aliphatic rings. The Kier molecular flexibility index (Phi) is 16.2. The van der Waals surface area contributed by atoms with Crippen LogP contribution < -0.4 is 34.8 Å². The highest BCUT2D eigenvalue weighted by molar-refractivity contribution is 7.89. The van der Waals surface area contributed by atoms with Gasteiger partial charge in [0, 0.05) is 97.2 Å². The molecule has 380 valence electrons. The summed E-state index contributed by atoms with van der Waals surface area (Å²) < 4.78 is 104. The third kappa shape index (κ3) is 11.8. The number of sulfonamides is 1. The fourth-order valence-corrected chi connectivity index (χ4v) is 13.1. The summed E-state index contributed by atoms with van der Waals surface area (Å²) in [5.41, 5.74) is 7.25. The lowest BCUT2D eigenvalue weighted by Crippen LogP contribution is -2.45. The SMILES string of the molecule is O=C(O)CCC(OP(=O)(O)OCCCOCCNC(=O)CCCCCNS(=O)(=O)c1ccc(C2=c3cc4c5c(c3Oc3c2cc2c6c3CCCN6CCC2)CCC[N+]=5CCC4)c(S(=O)(=O)O)c1)C(=O)O. The fraction of sp³-hybridized carbons (Fsp3) is 0.532. The highest BCUT2D eigenvalue weighted by Crippen LogP contribution is 2.49. The molecule has 1 amide bonds. The predicted molar refractivity (Wildman–Crippen MR) is 254 cm³/mol. The van der Waals surface area contributed by atoms with Gasteiger partial charge in [-0.2, -0.15) is 8.42 Å². The molecule has 0 bridgehead atoms. The van der Waals surface area contributed by atoms with Crippen LogP contribution in [0.2, 0.25) is 0 Å². The van der Waals surface area contributed by atoms with E-state index in [0.29, 0.717) is 36.3 Å². The summed E-state index contributed by atoms with van der Waals surface area (Å²) in [4.78, 5) is 45.6. The first kappa shape index (κ1) is 51.6. The zero-order valence-electron chi connectivity index (χ0n) is 38.8. The number of carbonyl (C=O) groups excluding carboxylic acids is 1. The Morgan fingerprint density at radius 2 is 1.56 bits per heavy atom. The number of ether oxygens (including phenoxy) is 2. The van der Waals surface area contributed by atoms with E-state index < -0.39 is 63.7 Å². The molecule has 2 atom stereocenters. The van der Waals surface area contributed by atoms with E-state index in [1.54, 1.807) is 0 Å². The van der Waals surface area contributed by atoms with Crippen LogP contribution in [0, 0.1) is 0 Å². The standard InChI is InChI=1S/C47H59N4O16PS2/c52-40(48-19-26-64-24-8-25-65-68(57,58)67-38(47(55)56)16-17-41(53)54)13-2-1-3-18-49-69(59,60)32-14-15-33(39(29-32)70(61,62)63)42-36-27-30-9-4-20-50-22-6-11-34(43(30)50)45(36)66-46-35-12-7-23-51-21-5-10-31(44(35)51)28-37(42)46/h14-15,27-29,38,49H,1-13,16-26H2,(H4-,48,52,53,54,55,56,57,58,61,62,63)/p+1. The molecule has 20 nitrogen and oxygen atoms in total. The van der Waals surface area contributed by atoms with Crippen LogP contribution in [-0.2, 0) is 78.6 Å². The number of aliphatic carboxylic acids is 2. The minimum absolute atomic E-state index is 0.0124. The monoisotopic (exact) mass is 1030 g/mol. The van der Waals surface area contributed by atoms with Crippen molar-refractivity contribution in [3.8, 4) is 11.5 Å². The lowest BCUT2D eigenvalue weighted by molar-refractivity contribution is -0.147. The van der Waals surface area contributed by atoms with Crippen molar-refractivity contribution in [2.45, 2.75) is 112 Å². The van der Waals surface area contributed by atoms with Gasteiger partial charge in [-0.15, -0.1) is 0 Å². The molecule has 3 aromatic rings. The number of carboxylic acids is 2. The van der Waals surface area contributed by atoms with Crippen molar-refractivity contribution in [2.24, 2.45) is 0 Å². The molecule has 5 aliphatic heterocycles. The van der Waals surface area contributed by atoms with E-state index in [1.165, 1.54) is 23.2 Å². The summed E-state index contributed by atoms with van der Waals surface area (Å²) in [6, 6.07) is 8.11. The van der Waals surface area contributed by atoms with Crippen LogP contribution in [-0.4, -0.2) is 120 Å². The van der Waals surface area contributed by atoms with Gasteiger partial charge in [-0.05, 0) is 94.0 Å². The van der Waals surface area contributed by atoms with E-state index in [9.17, 15) is 45.2 Å². The van der Waals surface area contributed by atoms with Crippen molar-refractivity contribution >= 4 is 57.1 Å². The largest absolute Gasteiger partial charge is 0.481 e.